The first kappa shape index (κ1) is 19.0. The molecule has 0 N–H and O–H groups in total. The highest BCUT2D eigenvalue weighted by Gasteiger charge is 2.07. The lowest BCUT2D eigenvalue weighted by molar-refractivity contribution is 0.371. The minimum atomic E-state index is 0.938. The van der Waals surface area contributed by atoms with Crippen molar-refractivity contribution in [3.8, 4) is 0 Å². The molecule has 0 aliphatic rings. The van der Waals surface area contributed by atoms with Gasteiger partial charge in [0.15, 0.2) is 0 Å². The van der Waals surface area contributed by atoms with Crippen LogP contribution in [-0.2, 0) is 0 Å². The average Bonchev–Trinajstić information content (AvgIpc) is 2.44. The van der Waals surface area contributed by atoms with E-state index in [1.165, 1.54) is 70.6 Å². The van der Waals surface area contributed by atoms with Crippen molar-refractivity contribution >= 4 is 0 Å². The van der Waals surface area contributed by atoms with E-state index in [1.54, 1.807) is 0 Å². The summed E-state index contributed by atoms with van der Waals surface area (Å²) in [5.74, 6) is 2.89. The van der Waals surface area contributed by atoms with Gasteiger partial charge in [-0.25, -0.2) is 0 Å². The molecule has 0 aromatic rings. The largest absolute Gasteiger partial charge is 0.0651 e. The fourth-order valence-electron chi connectivity index (χ4n) is 2.82. The summed E-state index contributed by atoms with van der Waals surface area (Å²) in [6, 6.07) is 0. The van der Waals surface area contributed by atoms with Gasteiger partial charge in [0, 0.05) is 0 Å². The molecule has 0 rings (SSSR count). The molecule has 0 fully saturated rings. The molecule has 0 aromatic heterocycles. The highest BCUT2D eigenvalue weighted by atomic mass is 14.1. The van der Waals surface area contributed by atoms with Crippen LogP contribution in [0.2, 0.25) is 0 Å². The molecule has 0 aliphatic carbocycles. The van der Waals surface area contributed by atoms with Crippen LogP contribution in [0.25, 0.3) is 0 Å². The second kappa shape index (κ2) is 13.0. The first-order valence-corrected chi connectivity index (χ1v) is 9.13. The topological polar surface area (TPSA) is 0 Å². The summed E-state index contributed by atoms with van der Waals surface area (Å²) in [4.78, 5) is 0. The summed E-state index contributed by atoms with van der Waals surface area (Å²) in [5.41, 5.74) is 0. The fraction of sp³-hybridized carbons (Fsp3) is 1.00. The van der Waals surface area contributed by atoms with Crippen LogP contribution in [0.1, 0.15) is 105 Å². The maximum Gasteiger partial charge on any atom is -0.0417 e. The Bertz CT molecular complexity index is 173. The normalized spacial score (nSPS) is 16.3. The molecule has 19 heavy (non-hydrogen) atoms. The molecule has 0 aliphatic heterocycles. The zero-order valence-corrected chi connectivity index (χ0v) is 14.5. The summed E-state index contributed by atoms with van der Waals surface area (Å²) in [6.45, 7) is 11.8. The van der Waals surface area contributed by atoms with E-state index in [2.05, 4.69) is 34.6 Å². The molecule has 0 heteroatoms. The molecule has 0 nitrogen and oxygen atoms in total. The third kappa shape index (κ3) is 11.5. The van der Waals surface area contributed by atoms with Gasteiger partial charge in [0.2, 0.25) is 0 Å². The molecule has 3 atom stereocenters. The lowest BCUT2D eigenvalue weighted by atomic mass is 9.90. The predicted octanol–water partition coefficient (Wildman–Crippen LogP) is 7.23. The second-order valence-electron chi connectivity index (χ2n) is 6.87. The summed E-state index contributed by atoms with van der Waals surface area (Å²) in [7, 11) is 0. The molecule has 0 amide bonds. The van der Waals surface area contributed by atoms with E-state index in [9.17, 15) is 0 Å². The Labute approximate surface area is 123 Å². The molecule has 0 spiro atoms. The van der Waals surface area contributed by atoms with Gasteiger partial charge < -0.3 is 0 Å². The summed E-state index contributed by atoms with van der Waals surface area (Å²) in [5, 5.41) is 0. The van der Waals surface area contributed by atoms with Gasteiger partial charge in [-0.2, -0.15) is 0 Å². The fourth-order valence-corrected chi connectivity index (χ4v) is 2.82. The van der Waals surface area contributed by atoms with E-state index >= 15 is 0 Å². The minimum Gasteiger partial charge on any atom is -0.0651 e. The zero-order chi connectivity index (χ0) is 14.5. The zero-order valence-electron chi connectivity index (χ0n) is 14.5. The van der Waals surface area contributed by atoms with Crippen molar-refractivity contribution in [3.05, 3.63) is 0 Å². The molecule has 0 saturated heterocycles. The molecular weight excluding hydrogens is 228 g/mol. The van der Waals surface area contributed by atoms with Crippen molar-refractivity contribution in [2.45, 2.75) is 105 Å². The highest BCUT2D eigenvalue weighted by Crippen LogP contribution is 2.23. The van der Waals surface area contributed by atoms with Gasteiger partial charge >= 0.3 is 0 Å². The van der Waals surface area contributed by atoms with E-state index in [1.807, 2.05) is 0 Å². The molecule has 0 aromatic carbocycles. The third-order valence-electron chi connectivity index (χ3n) is 5.09. The van der Waals surface area contributed by atoms with Gasteiger partial charge in [-0.15, -0.1) is 0 Å². The van der Waals surface area contributed by atoms with Gasteiger partial charge in [-0.3, -0.25) is 0 Å². The van der Waals surface area contributed by atoms with Crippen LogP contribution >= 0.6 is 0 Å². The molecular formula is C19H40. The number of hydrogen-bond donors (Lipinski definition) is 0. The van der Waals surface area contributed by atoms with Crippen LogP contribution < -0.4 is 0 Å². The Morgan fingerprint density at radius 1 is 0.526 bits per heavy atom. The van der Waals surface area contributed by atoms with Crippen LogP contribution in [0, 0.1) is 17.8 Å². The first-order valence-electron chi connectivity index (χ1n) is 9.13. The lowest BCUT2D eigenvalue weighted by Crippen LogP contribution is -2.01. The predicted molar refractivity (Wildman–Crippen MR) is 89.6 cm³/mol. The van der Waals surface area contributed by atoms with E-state index in [0.717, 1.165) is 17.8 Å². The Hall–Kier alpha value is 0. The summed E-state index contributed by atoms with van der Waals surface area (Å²) >= 11 is 0. The van der Waals surface area contributed by atoms with Gasteiger partial charge in [-0.05, 0) is 17.8 Å². The van der Waals surface area contributed by atoms with Crippen molar-refractivity contribution in [1.82, 2.24) is 0 Å². The first-order chi connectivity index (χ1) is 9.13. The lowest BCUT2D eigenvalue weighted by Gasteiger charge is -2.16. The van der Waals surface area contributed by atoms with Crippen LogP contribution in [-0.4, -0.2) is 0 Å². The molecule has 3 unspecified atom stereocenters. The molecule has 116 valence electrons. The third-order valence-corrected chi connectivity index (χ3v) is 5.09. The van der Waals surface area contributed by atoms with Crippen molar-refractivity contribution in [2.24, 2.45) is 17.8 Å². The molecule has 0 saturated carbocycles. The van der Waals surface area contributed by atoms with Crippen molar-refractivity contribution in [1.29, 1.82) is 0 Å². The SMILES string of the molecule is CCC(C)CCCCCC(CC)CCCC(C)CC. The minimum absolute atomic E-state index is 0.938. The Kier molecular flexibility index (Phi) is 13.0. The molecule has 0 heterocycles. The van der Waals surface area contributed by atoms with E-state index in [0.29, 0.717) is 0 Å². The van der Waals surface area contributed by atoms with Crippen molar-refractivity contribution in [2.75, 3.05) is 0 Å². The maximum atomic E-state index is 2.40. The number of hydrogen-bond acceptors (Lipinski definition) is 0. The monoisotopic (exact) mass is 268 g/mol. The number of rotatable bonds is 13. The van der Waals surface area contributed by atoms with E-state index in [-0.39, 0.29) is 0 Å². The van der Waals surface area contributed by atoms with Gasteiger partial charge in [0.05, 0.1) is 0 Å². The van der Waals surface area contributed by atoms with Crippen LogP contribution in [0.5, 0.6) is 0 Å². The van der Waals surface area contributed by atoms with Crippen LogP contribution in [0.15, 0.2) is 0 Å². The van der Waals surface area contributed by atoms with Gasteiger partial charge in [0.25, 0.3) is 0 Å². The van der Waals surface area contributed by atoms with Crippen molar-refractivity contribution < 1.29 is 0 Å². The van der Waals surface area contributed by atoms with Gasteiger partial charge in [0.1, 0.15) is 0 Å². The van der Waals surface area contributed by atoms with Crippen molar-refractivity contribution in [3.63, 3.8) is 0 Å². The average molecular weight is 269 g/mol. The van der Waals surface area contributed by atoms with Gasteiger partial charge in [-0.1, -0.05) is 105 Å². The number of unbranched alkanes of at least 4 members (excludes halogenated alkanes) is 2. The quantitative estimate of drug-likeness (QED) is 0.309. The smallest absolute Gasteiger partial charge is 0.0417 e. The molecule has 0 bridgehead atoms. The Morgan fingerprint density at radius 3 is 1.53 bits per heavy atom. The van der Waals surface area contributed by atoms with Crippen LogP contribution in [0.3, 0.4) is 0 Å². The summed E-state index contributed by atoms with van der Waals surface area (Å²) < 4.78 is 0. The van der Waals surface area contributed by atoms with E-state index < -0.39 is 0 Å². The highest BCUT2D eigenvalue weighted by molar-refractivity contribution is 4.61. The molecule has 0 radical (unpaired) electrons. The standard InChI is InChI=1S/C19H40/c1-6-17(4)13-10-9-11-15-19(8-3)16-12-14-18(5)7-2/h17-19H,6-16H2,1-5H3. The maximum absolute atomic E-state index is 2.40. The second-order valence-corrected chi connectivity index (χ2v) is 6.87. The van der Waals surface area contributed by atoms with Crippen LogP contribution in [0.4, 0.5) is 0 Å². The summed E-state index contributed by atoms with van der Waals surface area (Å²) in [6.07, 6.45) is 15.8. The Balaban J connectivity index is 3.48. The Morgan fingerprint density at radius 2 is 1.00 bits per heavy atom. The van der Waals surface area contributed by atoms with E-state index in [4.69, 9.17) is 0 Å².